The van der Waals surface area contributed by atoms with Crippen LogP contribution in [0.15, 0.2) is 61.2 Å². The van der Waals surface area contributed by atoms with Crippen molar-refractivity contribution < 1.29 is 4.74 Å². The number of pyridine rings is 1. The van der Waals surface area contributed by atoms with Crippen LogP contribution in [-0.4, -0.2) is 40.1 Å². The molecule has 1 N–H and O–H groups in total. The van der Waals surface area contributed by atoms with E-state index >= 15 is 0 Å². The average Bonchev–Trinajstić information content (AvgIpc) is 3.18. The Bertz CT molecular complexity index is 871. The number of aromatic amines is 1. The molecule has 5 heteroatoms. The van der Waals surface area contributed by atoms with Gasteiger partial charge in [0, 0.05) is 37.6 Å². The van der Waals surface area contributed by atoms with E-state index in [1.54, 1.807) is 13.4 Å². The molecular weight excluding hydrogens is 324 g/mol. The second-order valence-corrected chi connectivity index (χ2v) is 6.38. The van der Waals surface area contributed by atoms with Gasteiger partial charge in [-0.3, -0.25) is 9.88 Å². The van der Waals surface area contributed by atoms with Gasteiger partial charge in [-0.15, -0.1) is 0 Å². The summed E-state index contributed by atoms with van der Waals surface area (Å²) in [6.07, 6.45) is 10.9. The Morgan fingerprint density at radius 3 is 2.92 bits per heavy atom. The van der Waals surface area contributed by atoms with Crippen LogP contribution in [0.2, 0.25) is 0 Å². The molecule has 1 aromatic carbocycles. The summed E-state index contributed by atoms with van der Waals surface area (Å²) in [5.41, 5.74) is 4.69. The summed E-state index contributed by atoms with van der Waals surface area (Å²) in [7, 11) is 1.68. The molecule has 0 fully saturated rings. The van der Waals surface area contributed by atoms with Crippen LogP contribution in [0.1, 0.15) is 28.6 Å². The first-order chi connectivity index (χ1) is 12.8. The van der Waals surface area contributed by atoms with Crippen molar-refractivity contribution in [2.45, 2.75) is 12.5 Å². The van der Waals surface area contributed by atoms with Crippen molar-refractivity contribution in [3.05, 3.63) is 83.7 Å². The highest BCUT2D eigenvalue weighted by Crippen LogP contribution is 2.32. The van der Waals surface area contributed by atoms with Crippen molar-refractivity contribution in [1.82, 2.24) is 19.9 Å². The highest BCUT2D eigenvalue weighted by molar-refractivity contribution is 5.50. The Morgan fingerprint density at radius 1 is 1.27 bits per heavy atom. The summed E-state index contributed by atoms with van der Waals surface area (Å²) in [5, 5.41) is 0. The molecule has 1 aliphatic rings. The molecule has 3 heterocycles. The Morgan fingerprint density at radius 2 is 2.15 bits per heavy atom. The van der Waals surface area contributed by atoms with E-state index in [9.17, 15) is 0 Å². The second kappa shape index (κ2) is 7.54. The van der Waals surface area contributed by atoms with E-state index in [4.69, 9.17) is 4.74 Å². The minimum Gasteiger partial charge on any atom is -0.497 e. The number of nitrogens with one attached hydrogen (secondary N) is 1. The molecule has 1 atom stereocenters. The number of nitrogens with zero attached hydrogens (tertiary/aromatic N) is 3. The van der Waals surface area contributed by atoms with E-state index < -0.39 is 0 Å². The molecule has 0 amide bonds. The molecule has 0 bridgehead atoms. The Labute approximate surface area is 153 Å². The summed E-state index contributed by atoms with van der Waals surface area (Å²) in [5.74, 6) is 0.876. The Balaban J connectivity index is 1.53. The first-order valence-corrected chi connectivity index (χ1v) is 8.82. The molecule has 0 radical (unpaired) electrons. The van der Waals surface area contributed by atoms with Gasteiger partial charge in [0.15, 0.2) is 0 Å². The summed E-state index contributed by atoms with van der Waals surface area (Å²) < 4.78 is 5.21. The minimum atomic E-state index is 0.138. The van der Waals surface area contributed by atoms with E-state index in [0.29, 0.717) is 0 Å². The third-order valence-electron chi connectivity index (χ3n) is 4.79. The van der Waals surface area contributed by atoms with E-state index in [2.05, 4.69) is 50.2 Å². The van der Waals surface area contributed by atoms with Gasteiger partial charge in [-0.2, -0.15) is 0 Å². The lowest BCUT2D eigenvalue weighted by Crippen LogP contribution is -2.36. The molecule has 132 valence electrons. The lowest BCUT2D eigenvalue weighted by molar-refractivity contribution is 0.232. The van der Waals surface area contributed by atoms with Crippen LogP contribution in [0, 0.1) is 0 Å². The molecule has 0 saturated carbocycles. The zero-order chi connectivity index (χ0) is 17.8. The fourth-order valence-corrected chi connectivity index (χ4v) is 3.47. The van der Waals surface area contributed by atoms with Gasteiger partial charge in [-0.05, 0) is 29.3 Å². The first kappa shape index (κ1) is 16.5. The van der Waals surface area contributed by atoms with Gasteiger partial charge in [0.1, 0.15) is 5.75 Å². The molecule has 1 unspecified atom stereocenters. The molecule has 26 heavy (non-hydrogen) atoms. The number of rotatable bonds is 5. The van der Waals surface area contributed by atoms with Gasteiger partial charge in [0.05, 0.1) is 25.2 Å². The van der Waals surface area contributed by atoms with E-state index in [0.717, 1.165) is 31.0 Å². The molecule has 3 aromatic rings. The topological polar surface area (TPSA) is 54.0 Å². The fraction of sp³-hybridized carbons (Fsp3) is 0.238. The van der Waals surface area contributed by atoms with Crippen LogP contribution >= 0.6 is 0 Å². The van der Waals surface area contributed by atoms with Crippen LogP contribution in [0.4, 0.5) is 0 Å². The number of fused-ring (bicyclic) bond motifs is 1. The number of imidazole rings is 1. The lowest BCUT2D eigenvalue weighted by Gasteiger charge is -2.34. The van der Waals surface area contributed by atoms with Crippen molar-refractivity contribution in [3.8, 4) is 5.75 Å². The van der Waals surface area contributed by atoms with Crippen molar-refractivity contribution in [2.75, 3.05) is 20.2 Å². The highest BCUT2D eigenvalue weighted by atomic mass is 16.5. The van der Waals surface area contributed by atoms with Gasteiger partial charge in [-0.25, -0.2) is 4.98 Å². The number of methoxy groups -OCH3 is 1. The van der Waals surface area contributed by atoms with Gasteiger partial charge in [-0.1, -0.05) is 30.4 Å². The minimum absolute atomic E-state index is 0.138. The van der Waals surface area contributed by atoms with Gasteiger partial charge in [0.2, 0.25) is 0 Å². The smallest absolute Gasteiger partial charge is 0.118 e. The maximum atomic E-state index is 5.21. The van der Waals surface area contributed by atoms with E-state index in [1.165, 1.54) is 16.8 Å². The maximum absolute atomic E-state index is 5.21. The predicted molar refractivity (Wildman–Crippen MR) is 102 cm³/mol. The van der Waals surface area contributed by atoms with Crippen LogP contribution in [0.3, 0.4) is 0 Å². The standard InChI is InChI=1S/C21H22N4O/c1-26-18-8-6-16(7-9-18)4-3-12-25-13-10-19-20(24-15-23-19)21(25)17-5-2-11-22-14-17/h2-9,11,14-15,21H,10,12-13H2,1H3,(H,23,24)/b4-3+. The largest absolute Gasteiger partial charge is 0.497 e. The number of benzene rings is 1. The second-order valence-electron chi connectivity index (χ2n) is 6.38. The molecule has 1 aliphatic heterocycles. The quantitative estimate of drug-likeness (QED) is 0.768. The number of aromatic nitrogens is 3. The Kier molecular flexibility index (Phi) is 4.80. The fourth-order valence-electron chi connectivity index (χ4n) is 3.47. The number of hydrogen-bond donors (Lipinski definition) is 1. The monoisotopic (exact) mass is 346 g/mol. The number of H-pyrrole nitrogens is 1. The van der Waals surface area contributed by atoms with Crippen LogP contribution < -0.4 is 4.74 Å². The molecule has 0 spiro atoms. The number of hydrogen-bond acceptors (Lipinski definition) is 4. The van der Waals surface area contributed by atoms with Gasteiger partial charge >= 0.3 is 0 Å². The van der Waals surface area contributed by atoms with Crippen molar-refractivity contribution in [1.29, 1.82) is 0 Å². The van der Waals surface area contributed by atoms with E-state index in [1.807, 2.05) is 30.6 Å². The molecule has 0 saturated heterocycles. The molecule has 5 nitrogen and oxygen atoms in total. The third kappa shape index (κ3) is 3.39. The van der Waals surface area contributed by atoms with Gasteiger partial charge < -0.3 is 9.72 Å². The van der Waals surface area contributed by atoms with Gasteiger partial charge in [0.25, 0.3) is 0 Å². The summed E-state index contributed by atoms with van der Waals surface area (Å²) in [4.78, 5) is 14.6. The van der Waals surface area contributed by atoms with Crippen molar-refractivity contribution in [2.24, 2.45) is 0 Å². The Hall–Kier alpha value is -2.92. The van der Waals surface area contributed by atoms with Crippen molar-refractivity contribution in [3.63, 3.8) is 0 Å². The summed E-state index contributed by atoms with van der Waals surface area (Å²) in [6, 6.07) is 12.3. The third-order valence-corrected chi connectivity index (χ3v) is 4.79. The molecule has 0 aliphatic carbocycles. The SMILES string of the molecule is COc1ccc(/C=C/CN2CCc3[nH]cnc3C2c2cccnc2)cc1. The first-order valence-electron chi connectivity index (χ1n) is 8.82. The summed E-state index contributed by atoms with van der Waals surface area (Å²) in [6.45, 7) is 1.85. The lowest BCUT2D eigenvalue weighted by atomic mass is 9.97. The van der Waals surface area contributed by atoms with Crippen LogP contribution in [0.25, 0.3) is 6.08 Å². The highest BCUT2D eigenvalue weighted by Gasteiger charge is 2.30. The normalized spacial score (nSPS) is 17.3. The van der Waals surface area contributed by atoms with E-state index in [-0.39, 0.29) is 6.04 Å². The van der Waals surface area contributed by atoms with Crippen molar-refractivity contribution >= 4 is 6.08 Å². The molecule has 2 aromatic heterocycles. The zero-order valence-electron chi connectivity index (χ0n) is 14.8. The van der Waals surface area contributed by atoms with Crippen LogP contribution in [0.5, 0.6) is 5.75 Å². The predicted octanol–water partition coefficient (Wildman–Crippen LogP) is 3.47. The molecular formula is C21H22N4O. The molecule has 4 rings (SSSR count). The zero-order valence-corrected chi connectivity index (χ0v) is 14.8. The summed E-state index contributed by atoms with van der Waals surface area (Å²) >= 11 is 0. The maximum Gasteiger partial charge on any atom is 0.118 e. The average molecular weight is 346 g/mol. The number of ether oxygens (including phenoxy) is 1. The van der Waals surface area contributed by atoms with Crippen LogP contribution in [-0.2, 0) is 6.42 Å².